The average Bonchev–Trinajstić information content (AvgIpc) is 3.41. The van der Waals surface area contributed by atoms with Crippen molar-refractivity contribution in [2.75, 3.05) is 37.0 Å². The second kappa shape index (κ2) is 12.7. The van der Waals surface area contributed by atoms with E-state index in [0.717, 1.165) is 16.9 Å². The number of nitrogens with zero attached hydrogens (tertiary/aromatic N) is 7. The minimum Gasteiger partial charge on any atom is -0.497 e. The Bertz CT molecular complexity index is 1650. The van der Waals surface area contributed by atoms with Gasteiger partial charge in [0.05, 0.1) is 38.1 Å². The fourth-order valence-corrected chi connectivity index (χ4v) is 4.49. The normalized spacial score (nSPS) is 14.7. The van der Waals surface area contributed by atoms with Crippen molar-refractivity contribution in [1.29, 1.82) is 0 Å². The molecule has 3 aromatic heterocycles. The van der Waals surface area contributed by atoms with Gasteiger partial charge in [0.1, 0.15) is 17.9 Å². The van der Waals surface area contributed by atoms with E-state index >= 15 is 0 Å². The highest BCUT2D eigenvalue weighted by Gasteiger charge is 2.39. The maximum atomic E-state index is 13.9. The molecule has 1 N–H and O–H groups in total. The van der Waals surface area contributed by atoms with Crippen LogP contribution in [0.2, 0.25) is 0 Å². The molecular weight excluding hydrogens is 614 g/mol. The van der Waals surface area contributed by atoms with E-state index in [1.54, 1.807) is 36.1 Å². The Labute approximate surface area is 251 Å². The zero-order valence-electron chi connectivity index (χ0n) is 23.8. The van der Waals surface area contributed by atoms with Gasteiger partial charge in [0, 0.05) is 19.1 Å². The summed E-state index contributed by atoms with van der Waals surface area (Å²) < 4.78 is 96.3. The van der Waals surface area contributed by atoms with Crippen LogP contribution in [0.3, 0.4) is 0 Å². The second-order valence-electron chi connectivity index (χ2n) is 10.2. The summed E-state index contributed by atoms with van der Waals surface area (Å²) in [7, 11) is 1.48. The number of methoxy groups -OCH3 is 1. The first-order chi connectivity index (χ1) is 21.3. The number of hydrogen-bond donors (Lipinski definition) is 1. The summed E-state index contributed by atoms with van der Waals surface area (Å²) in [5.41, 5.74) is -3.68. The summed E-state index contributed by atoms with van der Waals surface area (Å²) in [6.45, 7) is 1.96. The van der Waals surface area contributed by atoms with Crippen molar-refractivity contribution >= 4 is 11.5 Å². The van der Waals surface area contributed by atoms with Crippen molar-refractivity contribution in [2.45, 2.75) is 44.4 Å². The molecule has 1 unspecified atom stereocenters. The minimum absolute atomic E-state index is 0.0757. The molecule has 0 aliphatic carbocycles. The van der Waals surface area contributed by atoms with E-state index in [2.05, 4.69) is 30.8 Å². The van der Waals surface area contributed by atoms with Crippen LogP contribution in [-0.2, 0) is 30.2 Å². The highest BCUT2D eigenvalue weighted by atomic mass is 19.4. The standard InChI is InChI=1S/C27H26F6N8O4/c1-15(35-19-9-34-41(25(42)23(19)27(31,32)33)10-16-3-5-18(43-2)6-4-16)13-44-14-22-36-24(39-45-22)17-11-40(12-17)21-8-7-20(37-38-21)26(28,29)30/h3-9,15,17,35H,10-14H2,1-2H3. The fourth-order valence-electron chi connectivity index (χ4n) is 4.49. The van der Waals surface area contributed by atoms with Gasteiger partial charge in [-0.15, -0.1) is 10.2 Å². The van der Waals surface area contributed by atoms with Crippen LogP contribution in [-0.4, -0.2) is 63.0 Å². The monoisotopic (exact) mass is 640 g/mol. The molecule has 18 heteroatoms. The van der Waals surface area contributed by atoms with Crippen molar-refractivity contribution in [3.05, 3.63) is 81.5 Å². The molecule has 1 atom stereocenters. The summed E-state index contributed by atoms with van der Waals surface area (Å²) in [6.07, 6.45) is -8.57. The van der Waals surface area contributed by atoms with E-state index in [9.17, 15) is 31.1 Å². The number of halogens is 6. The van der Waals surface area contributed by atoms with Crippen molar-refractivity contribution in [3.8, 4) is 5.75 Å². The maximum Gasteiger partial charge on any atom is 0.435 e. The lowest BCUT2D eigenvalue weighted by molar-refractivity contribution is -0.141. The summed E-state index contributed by atoms with van der Waals surface area (Å²) >= 11 is 0. The van der Waals surface area contributed by atoms with Crippen LogP contribution in [0.15, 0.2) is 51.9 Å². The molecule has 1 saturated heterocycles. The van der Waals surface area contributed by atoms with Gasteiger partial charge in [-0.3, -0.25) is 4.79 Å². The summed E-state index contributed by atoms with van der Waals surface area (Å²) in [5.74, 6) is 1.18. The Kier molecular flexibility index (Phi) is 8.94. The number of benzene rings is 1. The molecule has 0 radical (unpaired) electrons. The van der Waals surface area contributed by atoms with Gasteiger partial charge >= 0.3 is 12.4 Å². The smallest absolute Gasteiger partial charge is 0.435 e. The Morgan fingerprint density at radius 2 is 1.78 bits per heavy atom. The third-order valence-electron chi connectivity index (χ3n) is 6.81. The van der Waals surface area contributed by atoms with Gasteiger partial charge in [0.15, 0.2) is 17.3 Å². The number of aromatic nitrogens is 6. The van der Waals surface area contributed by atoms with E-state index in [0.29, 0.717) is 30.2 Å². The van der Waals surface area contributed by atoms with Crippen molar-refractivity contribution in [1.82, 2.24) is 30.1 Å². The van der Waals surface area contributed by atoms with Crippen LogP contribution in [0.5, 0.6) is 5.75 Å². The molecule has 0 spiro atoms. The molecule has 4 aromatic rings. The Hall–Kier alpha value is -4.74. The highest BCUT2D eigenvalue weighted by Crippen LogP contribution is 2.33. The lowest BCUT2D eigenvalue weighted by Gasteiger charge is -2.38. The topological polar surface area (TPSA) is 133 Å². The van der Waals surface area contributed by atoms with Gasteiger partial charge in [-0.25, -0.2) is 4.68 Å². The molecule has 0 bridgehead atoms. The molecule has 12 nitrogen and oxygen atoms in total. The Morgan fingerprint density at radius 1 is 1.04 bits per heavy atom. The molecule has 1 aliphatic rings. The summed E-state index contributed by atoms with van der Waals surface area (Å²) in [4.78, 5) is 18.8. The zero-order chi connectivity index (χ0) is 32.4. The van der Waals surface area contributed by atoms with Crippen molar-refractivity contribution in [2.24, 2.45) is 0 Å². The van der Waals surface area contributed by atoms with Gasteiger partial charge in [0.2, 0.25) is 0 Å². The lowest BCUT2D eigenvalue weighted by atomic mass is 9.99. The van der Waals surface area contributed by atoms with Gasteiger partial charge in [-0.2, -0.15) is 36.4 Å². The minimum atomic E-state index is -4.94. The number of anilines is 2. The number of hydrogen-bond acceptors (Lipinski definition) is 11. The van der Waals surface area contributed by atoms with Gasteiger partial charge in [-0.05, 0) is 36.8 Å². The number of alkyl halides is 6. The highest BCUT2D eigenvalue weighted by molar-refractivity contribution is 5.50. The molecule has 0 amide bonds. The SMILES string of the molecule is COc1ccc(Cn2ncc(NC(C)COCc3nc(C4CN(c5ccc(C(F)(F)F)nn5)C4)no3)c(C(F)(F)F)c2=O)cc1. The quantitative estimate of drug-likeness (QED) is 0.237. The number of nitrogens with one attached hydrogen (secondary N) is 1. The molecule has 45 heavy (non-hydrogen) atoms. The van der Waals surface area contributed by atoms with Crippen LogP contribution >= 0.6 is 0 Å². The lowest BCUT2D eigenvalue weighted by Crippen LogP contribution is -2.46. The fraction of sp³-hybridized carbons (Fsp3) is 0.407. The van der Waals surface area contributed by atoms with Crippen LogP contribution in [0.4, 0.5) is 37.8 Å². The summed E-state index contributed by atoms with van der Waals surface area (Å²) in [6, 6.07) is 7.92. The van der Waals surface area contributed by atoms with Crippen LogP contribution in [0.1, 0.15) is 41.4 Å². The van der Waals surface area contributed by atoms with Crippen LogP contribution < -0.4 is 20.5 Å². The predicted octanol–water partition coefficient (Wildman–Crippen LogP) is 4.13. The Morgan fingerprint density at radius 3 is 2.40 bits per heavy atom. The van der Waals surface area contributed by atoms with E-state index in [4.69, 9.17) is 14.0 Å². The predicted molar refractivity (Wildman–Crippen MR) is 145 cm³/mol. The van der Waals surface area contributed by atoms with E-state index in [1.165, 1.54) is 13.2 Å². The molecule has 0 saturated carbocycles. The van der Waals surface area contributed by atoms with E-state index in [-0.39, 0.29) is 37.4 Å². The average molecular weight is 641 g/mol. The van der Waals surface area contributed by atoms with Gasteiger partial charge in [-0.1, -0.05) is 17.3 Å². The second-order valence-corrected chi connectivity index (χ2v) is 10.2. The molecule has 1 aromatic carbocycles. The number of rotatable bonds is 11. The van der Waals surface area contributed by atoms with Crippen molar-refractivity contribution in [3.63, 3.8) is 0 Å². The van der Waals surface area contributed by atoms with Gasteiger partial charge in [0.25, 0.3) is 11.4 Å². The third-order valence-corrected chi connectivity index (χ3v) is 6.81. The van der Waals surface area contributed by atoms with Crippen molar-refractivity contribution < 1.29 is 40.3 Å². The summed E-state index contributed by atoms with van der Waals surface area (Å²) in [5, 5.41) is 17.3. The first-order valence-electron chi connectivity index (χ1n) is 13.4. The first kappa shape index (κ1) is 31.7. The van der Waals surface area contributed by atoms with Crippen LogP contribution in [0.25, 0.3) is 0 Å². The molecule has 1 fully saturated rings. The molecule has 1 aliphatic heterocycles. The molecule has 240 valence electrons. The Balaban J connectivity index is 1.13. The molecule has 5 rings (SSSR count). The third kappa shape index (κ3) is 7.50. The molecular formula is C27H26F6N8O4. The maximum absolute atomic E-state index is 13.9. The van der Waals surface area contributed by atoms with E-state index < -0.39 is 40.9 Å². The largest absolute Gasteiger partial charge is 0.497 e. The van der Waals surface area contributed by atoms with E-state index in [1.807, 2.05) is 0 Å². The first-order valence-corrected chi connectivity index (χ1v) is 13.4. The van der Waals surface area contributed by atoms with Gasteiger partial charge < -0.3 is 24.2 Å². The molecule has 4 heterocycles. The van der Waals surface area contributed by atoms with Crippen LogP contribution in [0, 0.1) is 0 Å². The zero-order valence-corrected chi connectivity index (χ0v) is 23.8. The number of ether oxygens (including phenoxy) is 2.